The summed E-state index contributed by atoms with van der Waals surface area (Å²) >= 11 is 0. The Kier molecular flexibility index (Phi) is 7.03. The average Bonchev–Trinajstić information content (AvgIpc) is 2.59. The summed E-state index contributed by atoms with van der Waals surface area (Å²) in [7, 11) is -3.46. The molecule has 0 radical (unpaired) electrons. The fraction of sp³-hybridized carbons (Fsp3) is 0.316. The number of unbranched alkanes of at least 4 members (excludes halogenated alkanes) is 1. The number of hydrogen-bond acceptors (Lipinski definition) is 4. The highest BCUT2D eigenvalue weighted by Crippen LogP contribution is 2.17. The van der Waals surface area contributed by atoms with E-state index in [4.69, 9.17) is 4.74 Å². The first-order valence-corrected chi connectivity index (χ1v) is 10.3. The van der Waals surface area contributed by atoms with E-state index < -0.39 is 10.0 Å². The van der Waals surface area contributed by atoms with E-state index in [1.165, 1.54) is 0 Å². The molecule has 0 aliphatic rings. The smallest absolute Gasteiger partial charge is 0.253 e. The molecular weight excluding hydrogens is 352 g/mol. The lowest BCUT2D eigenvalue weighted by molar-refractivity contribution is 0.0951. The standard InChI is InChI=1S/C19H24N2O4S/c1-3-4-12-25-16-9-7-8-15(13-16)14-20-19(22)17-10-5-6-11-18(17)21-26(2,23)24/h5-11,13,21H,3-4,12,14H2,1-2H3,(H,20,22). The molecule has 7 heteroatoms. The summed E-state index contributed by atoms with van der Waals surface area (Å²) in [5.41, 5.74) is 1.43. The molecule has 0 unspecified atom stereocenters. The van der Waals surface area contributed by atoms with Crippen LogP contribution in [0.5, 0.6) is 5.75 Å². The molecule has 1 amide bonds. The third kappa shape index (κ3) is 6.40. The SMILES string of the molecule is CCCCOc1cccc(CNC(=O)c2ccccc2NS(C)(=O)=O)c1. The van der Waals surface area contributed by atoms with Crippen molar-refractivity contribution in [1.82, 2.24) is 5.32 Å². The molecule has 0 aliphatic heterocycles. The van der Waals surface area contributed by atoms with E-state index >= 15 is 0 Å². The first-order valence-electron chi connectivity index (χ1n) is 8.46. The van der Waals surface area contributed by atoms with Gasteiger partial charge in [0.25, 0.3) is 5.91 Å². The molecule has 6 nitrogen and oxygen atoms in total. The summed E-state index contributed by atoms with van der Waals surface area (Å²) in [4.78, 5) is 12.4. The van der Waals surface area contributed by atoms with E-state index in [0.717, 1.165) is 30.4 Å². The van der Waals surface area contributed by atoms with Gasteiger partial charge in [-0.3, -0.25) is 9.52 Å². The molecule has 0 bridgehead atoms. The normalized spacial score (nSPS) is 11.0. The second-order valence-corrected chi connectivity index (χ2v) is 7.70. The molecule has 2 N–H and O–H groups in total. The van der Waals surface area contributed by atoms with Crippen molar-refractivity contribution < 1.29 is 17.9 Å². The highest BCUT2D eigenvalue weighted by Gasteiger charge is 2.13. The first kappa shape index (κ1) is 19.8. The van der Waals surface area contributed by atoms with E-state index in [-0.39, 0.29) is 17.2 Å². The minimum atomic E-state index is -3.46. The molecule has 0 heterocycles. The minimum Gasteiger partial charge on any atom is -0.494 e. The van der Waals surface area contributed by atoms with Gasteiger partial charge in [0, 0.05) is 6.54 Å². The maximum Gasteiger partial charge on any atom is 0.253 e. The number of amides is 1. The van der Waals surface area contributed by atoms with Gasteiger partial charge in [-0.1, -0.05) is 37.6 Å². The molecule has 2 rings (SSSR count). The van der Waals surface area contributed by atoms with Gasteiger partial charge < -0.3 is 10.1 Å². The molecule has 0 fully saturated rings. The van der Waals surface area contributed by atoms with Gasteiger partial charge in [-0.15, -0.1) is 0 Å². The summed E-state index contributed by atoms with van der Waals surface area (Å²) in [6.07, 6.45) is 3.10. The molecule has 2 aromatic rings. The van der Waals surface area contributed by atoms with Crippen LogP contribution >= 0.6 is 0 Å². The highest BCUT2D eigenvalue weighted by molar-refractivity contribution is 7.92. The van der Waals surface area contributed by atoms with Gasteiger partial charge in [-0.05, 0) is 36.2 Å². The van der Waals surface area contributed by atoms with E-state index in [2.05, 4.69) is 17.0 Å². The van der Waals surface area contributed by atoms with Crippen molar-refractivity contribution in [1.29, 1.82) is 0 Å². The molecule has 26 heavy (non-hydrogen) atoms. The number of carbonyl (C=O) groups excluding carboxylic acids is 1. The lowest BCUT2D eigenvalue weighted by atomic mass is 10.1. The zero-order chi connectivity index (χ0) is 19.0. The summed E-state index contributed by atoms with van der Waals surface area (Å²) in [5, 5.41) is 2.81. The van der Waals surface area contributed by atoms with E-state index in [9.17, 15) is 13.2 Å². The summed E-state index contributed by atoms with van der Waals surface area (Å²) in [6, 6.07) is 14.0. The van der Waals surface area contributed by atoms with Crippen molar-refractivity contribution in [2.75, 3.05) is 17.6 Å². The zero-order valence-corrected chi connectivity index (χ0v) is 15.8. The minimum absolute atomic E-state index is 0.254. The van der Waals surface area contributed by atoms with Gasteiger partial charge in [0.05, 0.1) is 24.1 Å². The molecule has 0 aromatic heterocycles. The Balaban J connectivity index is 2.02. The third-order valence-electron chi connectivity index (χ3n) is 3.59. The Bertz CT molecular complexity index is 850. The summed E-state index contributed by atoms with van der Waals surface area (Å²) in [6.45, 7) is 3.08. The maximum absolute atomic E-state index is 12.4. The largest absolute Gasteiger partial charge is 0.494 e. The molecule has 140 valence electrons. The number of sulfonamides is 1. The number of nitrogens with one attached hydrogen (secondary N) is 2. The van der Waals surface area contributed by atoms with Gasteiger partial charge in [-0.2, -0.15) is 0 Å². The predicted molar refractivity (Wildman–Crippen MR) is 103 cm³/mol. The van der Waals surface area contributed by atoms with Crippen molar-refractivity contribution >= 4 is 21.6 Å². The molecule has 0 atom stereocenters. The molecule has 0 spiro atoms. The topological polar surface area (TPSA) is 84.5 Å². The average molecular weight is 376 g/mol. The number of rotatable bonds is 9. The number of para-hydroxylation sites is 1. The van der Waals surface area contributed by atoms with Gasteiger partial charge in [0.15, 0.2) is 0 Å². The highest BCUT2D eigenvalue weighted by atomic mass is 32.2. The Morgan fingerprint density at radius 1 is 1.12 bits per heavy atom. The number of carbonyl (C=O) groups is 1. The number of benzene rings is 2. The van der Waals surface area contributed by atoms with Gasteiger partial charge in [0.2, 0.25) is 10.0 Å². The zero-order valence-electron chi connectivity index (χ0n) is 15.0. The van der Waals surface area contributed by atoms with Crippen LogP contribution in [0.1, 0.15) is 35.7 Å². The van der Waals surface area contributed by atoms with Crippen molar-refractivity contribution in [3.8, 4) is 5.75 Å². The predicted octanol–water partition coefficient (Wildman–Crippen LogP) is 3.17. The molecule has 0 aliphatic carbocycles. The van der Waals surface area contributed by atoms with E-state index in [1.54, 1.807) is 24.3 Å². The Morgan fingerprint density at radius 3 is 2.62 bits per heavy atom. The van der Waals surface area contributed by atoms with E-state index in [1.807, 2.05) is 24.3 Å². The Labute approximate surface area is 154 Å². The number of ether oxygens (including phenoxy) is 1. The monoisotopic (exact) mass is 376 g/mol. The Hall–Kier alpha value is -2.54. The van der Waals surface area contributed by atoms with Crippen LogP contribution in [0, 0.1) is 0 Å². The summed E-state index contributed by atoms with van der Waals surface area (Å²) in [5.74, 6) is 0.415. The molecular formula is C19H24N2O4S. The van der Waals surface area contributed by atoms with Gasteiger partial charge >= 0.3 is 0 Å². The fourth-order valence-corrected chi connectivity index (χ4v) is 2.90. The second kappa shape index (κ2) is 9.24. The molecule has 0 saturated heterocycles. The number of hydrogen-bond donors (Lipinski definition) is 2. The lowest BCUT2D eigenvalue weighted by Crippen LogP contribution is -2.24. The van der Waals surface area contributed by atoms with Crippen molar-refractivity contribution in [3.05, 3.63) is 59.7 Å². The van der Waals surface area contributed by atoms with E-state index in [0.29, 0.717) is 13.2 Å². The van der Waals surface area contributed by atoms with Crippen LogP contribution in [0.4, 0.5) is 5.69 Å². The van der Waals surface area contributed by atoms with Crippen molar-refractivity contribution in [3.63, 3.8) is 0 Å². The van der Waals surface area contributed by atoms with Crippen LogP contribution in [0.15, 0.2) is 48.5 Å². The lowest BCUT2D eigenvalue weighted by Gasteiger charge is -2.12. The van der Waals surface area contributed by atoms with Crippen LogP contribution in [-0.4, -0.2) is 27.2 Å². The third-order valence-corrected chi connectivity index (χ3v) is 4.18. The van der Waals surface area contributed by atoms with Crippen LogP contribution in [0.3, 0.4) is 0 Å². The van der Waals surface area contributed by atoms with Crippen LogP contribution < -0.4 is 14.8 Å². The molecule has 2 aromatic carbocycles. The molecule has 0 saturated carbocycles. The van der Waals surface area contributed by atoms with Crippen LogP contribution in [0.2, 0.25) is 0 Å². The van der Waals surface area contributed by atoms with Gasteiger partial charge in [0.1, 0.15) is 5.75 Å². The number of anilines is 1. The van der Waals surface area contributed by atoms with Crippen LogP contribution in [0.25, 0.3) is 0 Å². The second-order valence-electron chi connectivity index (χ2n) is 5.95. The summed E-state index contributed by atoms with van der Waals surface area (Å²) < 4.78 is 30.9. The maximum atomic E-state index is 12.4. The quantitative estimate of drug-likeness (QED) is 0.659. The fourth-order valence-electron chi connectivity index (χ4n) is 2.33. The first-order chi connectivity index (χ1) is 12.4. The van der Waals surface area contributed by atoms with Crippen molar-refractivity contribution in [2.24, 2.45) is 0 Å². The van der Waals surface area contributed by atoms with Crippen LogP contribution in [-0.2, 0) is 16.6 Å². The Morgan fingerprint density at radius 2 is 1.88 bits per heavy atom. The van der Waals surface area contributed by atoms with Gasteiger partial charge in [-0.25, -0.2) is 8.42 Å². The van der Waals surface area contributed by atoms with Crippen molar-refractivity contribution in [2.45, 2.75) is 26.3 Å².